The maximum atomic E-state index is 12.5. The molecule has 148 valence electrons. The molecule has 1 amide bonds. The highest BCUT2D eigenvalue weighted by Crippen LogP contribution is 2.41. The highest BCUT2D eigenvalue weighted by molar-refractivity contribution is 7.16. The molecule has 9 nitrogen and oxygen atoms in total. The van der Waals surface area contributed by atoms with Crippen LogP contribution >= 0.6 is 11.3 Å². The van der Waals surface area contributed by atoms with Gasteiger partial charge in [0.1, 0.15) is 0 Å². The van der Waals surface area contributed by atoms with E-state index >= 15 is 0 Å². The molecule has 0 spiro atoms. The summed E-state index contributed by atoms with van der Waals surface area (Å²) in [6.07, 6.45) is 0. The number of aromatic nitrogens is 3. The van der Waals surface area contributed by atoms with Gasteiger partial charge >= 0.3 is 6.01 Å². The molecule has 4 aromatic rings. The third-order valence-electron chi connectivity index (χ3n) is 4.15. The molecule has 2 aromatic heterocycles. The zero-order valence-corrected chi connectivity index (χ0v) is 16.6. The molecule has 0 atom stereocenters. The van der Waals surface area contributed by atoms with E-state index in [0.29, 0.717) is 28.4 Å². The molecule has 0 unspecified atom stereocenters. The highest BCUT2D eigenvalue weighted by atomic mass is 32.1. The van der Waals surface area contributed by atoms with Crippen molar-refractivity contribution in [2.45, 2.75) is 0 Å². The predicted molar refractivity (Wildman–Crippen MR) is 107 cm³/mol. The third kappa shape index (κ3) is 3.57. The fourth-order valence-corrected chi connectivity index (χ4v) is 3.48. The Labute approximate surface area is 169 Å². The van der Waals surface area contributed by atoms with E-state index in [1.807, 2.05) is 0 Å². The smallest absolute Gasteiger partial charge is 0.322 e. The second kappa shape index (κ2) is 7.76. The van der Waals surface area contributed by atoms with Crippen molar-refractivity contribution in [3.05, 3.63) is 41.4 Å². The fourth-order valence-electron chi connectivity index (χ4n) is 2.76. The van der Waals surface area contributed by atoms with Crippen LogP contribution in [0.2, 0.25) is 0 Å². The zero-order valence-electron chi connectivity index (χ0n) is 15.8. The molecule has 0 aliphatic rings. The number of anilines is 1. The molecule has 1 N–H and O–H groups in total. The van der Waals surface area contributed by atoms with Gasteiger partial charge in [-0.1, -0.05) is 5.10 Å². The zero-order chi connectivity index (χ0) is 20.4. The molecule has 2 aromatic carbocycles. The van der Waals surface area contributed by atoms with Crippen LogP contribution in [0.1, 0.15) is 10.4 Å². The summed E-state index contributed by atoms with van der Waals surface area (Å²) in [4.78, 5) is 16.7. The Morgan fingerprint density at radius 2 is 1.79 bits per heavy atom. The number of rotatable bonds is 6. The molecule has 10 heteroatoms. The number of carbonyl (C=O) groups is 1. The van der Waals surface area contributed by atoms with Crippen LogP contribution in [0, 0.1) is 0 Å². The maximum Gasteiger partial charge on any atom is 0.322 e. The maximum absolute atomic E-state index is 12.5. The largest absolute Gasteiger partial charge is 0.493 e. The second-order valence-corrected chi connectivity index (χ2v) is 6.70. The summed E-state index contributed by atoms with van der Waals surface area (Å²) in [6.45, 7) is 0. The molecular weight excluding hydrogens is 396 g/mol. The van der Waals surface area contributed by atoms with Crippen LogP contribution in [0.15, 0.2) is 40.3 Å². The predicted octanol–water partition coefficient (Wildman–Crippen LogP) is 3.62. The van der Waals surface area contributed by atoms with Crippen molar-refractivity contribution in [1.82, 2.24) is 15.2 Å². The molecule has 0 aliphatic carbocycles. The molecule has 0 radical (unpaired) electrons. The number of nitrogens with one attached hydrogen (secondary N) is 1. The van der Waals surface area contributed by atoms with E-state index in [1.54, 1.807) is 35.8 Å². The lowest BCUT2D eigenvalue weighted by atomic mass is 10.2. The average molecular weight is 412 g/mol. The number of hydrogen-bond donors (Lipinski definition) is 1. The van der Waals surface area contributed by atoms with E-state index in [2.05, 4.69) is 20.5 Å². The summed E-state index contributed by atoms with van der Waals surface area (Å²) in [5, 5.41) is 10.5. The minimum absolute atomic E-state index is 0.0249. The van der Waals surface area contributed by atoms with Crippen LogP contribution in [0.4, 0.5) is 6.01 Å². The number of carbonyl (C=O) groups excluding carboxylic acids is 1. The number of ether oxygens (including phenoxy) is 3. The van der Waals surface area contributed by atoms with Gasteiger partial charge in [-0.15, -0.1) is 16.4 Å². The normalized spacial score (nSPS) is 10.7. The van der Waals surface area contributed by atoms with Crippen molar-refractivity contribution in [1.29, 1.82) is 0 Å². The summed E-state index contributed by atoms with van der Waals surface area (Å²) in [5.74, 6) is 1.18. The van der Waals surface area contributed by atoms with Crippen LogP contribution in [0.3, 0.4) is 0 Å². The summed E-state index contributed by atoms with van der Waals surface area (Å²) in [6, 6.07) is 8.57. The average Bonchev–Trinajstić information content (AvgIpc) is 3.41. The Morgan fingerprint density at radius 1 is 1.03 bits per heavy atom. The molecule has 2 heterocycles. The molecule has 29 heavy (non-hydrogen) atoms. The highest BCUT2D eigenvalue weighted by Gasteiger charge is 2.18. The lowest BCUT2D eigenvalue weighted by Crippen LogP contribution is -2.11. The fraction of sp³-hybridized carbons (Fsp3) is 0.158. The van der Waals surface area contributed by atoms with Crippen LogP contribution in [-0.4, -0.2) is 42.4 Å². The number of methoxy groups -OCH3 is 3. The van der Waals surface area contributed by atoms with Gasteiger partial charge in [-0.05, 0) is 30.3 Å². The third-order valence-corrected chi connectivity index (χ3v) is 4.94. The van der Waals surface area contributed by atoms with Crippen molar-refractivity contribution in [3.8, 4) is 28.7 Å². The summed E-state index contributed by atoms with van der Waals surface area (Å²) in [7, 11) is 4.55. The van der Waals surface area contributed by atoms with E-state index in [4.69, 9.17) is 18.6 Å². The van der Waals surface area contributed by atoms with Crippen molar-refractivity contribution in [3.63, 3.8) is 0 Å². The summed E-state index contributed by atoms with van der Waals surface area (Å²) in [5.41, 5.74) is 3.59. The lowest BCUT2D eigenvalue weighted by Gasteiger charge is -2.12. The minimum atomic E-state index is -0.361. The van der Waals surface area contributed by atoms with Crippen molar-refractivity contribution < 1.29 is 23.4 Å². The first-order chi connectivity index (χ1) is 14.1. The van der Waals surface area contributed by atoms with E-state index in [9.17, 15) is 4.79 Å². The monoisotopic (exact) mass is 412 g/mol. The number of amides is 1. The van der Waals surface area contributed by atoms with Crippen LogP contribution in [0.5, 0.6) is 17.2 Å². The first-order valence-corrected chi connectivity index (χ1v) is 9.29. The first-order valence-electron chi connectivity index (χ1n) is 8.41. The summed E-state index contributed by atoms with van der Waals surface area (Å²) >= 11 is 1.46. The Morgan fingerprint density at radius 3 is 2.48 bits per heavy atom. The van der Waals surface area contributed by atoms with Gasteiger partial charge in [-0.25, -0.2) is 4.98 Å². The van der Waals surface area contributed by atoms with Crippen molar-refractivity contribution in [2.24, 2.45) is 0 Å². The van der Waals surface area contributed by atoms with Gasteiger partial charge in [0.2, 0.25) is 11.6 Å². The van der Waals surface area contributed by atoms with E-state index < -0.39 is 0 Å². The second-order valence-electron chi connectivity index (χ2n) is 5.82. The molecule has 0 saturated heterocycles. The lowest BCUT2D eigenvalue weighted by molar-refractivity contribution is 0.102. The number of benzene rings is 2. The van der Waals surface area contributed by atoms with E-state index in [-0.39, 0.29) is 17.8 Å². The van der Waals surface area contributed by atoms with Crippen molar-refractivity contribution in [2.75, 3.05) is 26.6 Å². The Balaban J connectivity index is 1.59. The minimum Gasteiger partial charge on any atom is -0.493 e. The van der Waals surface area contributed by atoms with Crippen molar-refractivity contribution >= 4 is 33.5 Å². The Bertz CT molecular complexity index is 1160. The SMILES string of the molecule is COc1cc(-c2nnc(NC(=O)c3ccc4ncsc4c3)o2)cc(OC)c1OC. The molecule has 0 aliphatic heterocycles. The number of hydrogen-bond acceptors (Lipinski definition) is 9. The van der Waals surface area contributed by atoms with E-state index in [1.165, 1.54) is 32.7 Å². The Hall–Kier alpha value is -3.66. The topological polar surface area (TPSA) is 109 Å². The molecule has 0 saturated carbocycles. The molecular formula is C19H16N4O5S. The quantitative estimate of drug-likeness (QED) is 0.511. The molecule has 0 fully saturated rings. The van der Waals surface area contributed by atoms with Crippen LogP contribution in [-0.2, 0) is 0 Å². The van der Waals surface area contributed by atoms with Gasteiger partial charge in [-0.3, -0.25) is 10.1 Å². The van der Waals surface area contributed by atoms with E-state index in [0.717, 1.165) is 10.2 Å². The van der Waals surface area contributed by atoms with Gasteiger partial charge in [0.05, 0.1) is 37.1 Å². The number of fused-ring (bicyclic) bond motifs is 1. The van der Waals surface area contributed by atoms with Gasteiger partial charge in [0.15, 0.2) is 11.5 Å². The molecule has 4 rings (SSSR count). The van der Waals surface area contributed by atoms with Crippen LogP contribution in [0.25, 0.3) is 21.7 Å². The van der Waals surface area contributed by atoms with Gasteiger partial charge < -0.3 is 18.6 Å². The first kappa shape index (κ1) is 18.7. The van der Waals surface area contributed by atoms with Gasteiger partial charge in [0, 0.05) is 11.1 Å². The number of thiazole rings is 1. The Kier molecular flexibility index (Phi) is 5.00. The number of nitrogens with zero attached hydrogens (tertiary/aromatic N) is 3. The van der Waals surface area contributed by atoms with Gasteiger partial charge in [-0.2, -0.15) is 0 Å². The van der Waals surface area contributed by atoms with Gasteiger partial charge in [0.25, 0.3) is 5.91 Å². The standard InChI is InChI=1S/C19H16N4O5S/c1-25-13-6-11(7-14(26-2)16(13)27-3)18-22-23-19(28-18)21-17(24)10-4-5-12-15(8-10)29-9-20-12/h4-9H,1-3H3,(H,21,23,24). The van der Waals surface area contributed by atoms with Crippen LogP contribution < -0.4 is 19.5 Å². The summed E-state index contributed by atoms with van der Waals surface area (Å²) < 4.78 is 22.5. The molecule has 0 bridgehead atoms.